The maximum Gasteiger partial charge on any atom is 0.141 e. The molecule has 14 heavy (non-hydrogen) atoms. The zero-order chi connectivity index (χ0) is 9.71. The Morgan fingerprint density at radius 1 is 1.43 bits per heavy atom. The van der Waals surface area contributed by atoms with Crippen molar-refractivity contribution in [2.75, 3.05) is 0 Å². The van der Waals surface area contributed by atoms with E-state index in [0.717, 1.165) is 12.0 Å². The third-order valence-electron chi connectivity index (χ3n) is 3.41. The summed E-state index contributed by atoms with van der Waals surface area (Å²) in [6.45, 7) is 0. The fraction of sp³-hybridized carbons (Fsp3) is 0.333. The van der Waals surface area contributed by atoms with Crippen molar-refractivity contribution in [3.8, 4) is 6.07 Å². The topological polar surface area (TPSA) is 40.9 Å². The van der Waals surface area contributed by atoms with Crippen LogP contribution in [0.3, 0.4) is 0 Å². The molecule has 0 aromatic heterocycles. The van der Waals surface area contributed by atoms with Crippen LogP contribution in [0.5, 0.6) is 0 Å². The molecule has 0 aliphatic heterocycles. The number of hydrogen-bond acceptors (Lipinski definition) is 2. The standard InChI is InChI=1S/C12H9NO/c13-6-7-2-1-3-9-8-4-10(12(7)9)11(14)5-8/h1-3,8,10H,4-5H2/t8-,10-/m0/s1. The quantitative estimate of drug-likeness (QED) is 0.618. The van der Waals surface area contributed by atoms with Gasteiger partial charge in [0, 0.05) is 12.3 Å². The highest BCUT2D eigenvalue weighted by molar-refractivity contribution is 5.92. The number of hydrogen-bond donors (Lipinski definition) is 0. The molecular weight excluding hydrogens is 174 g/mol. The van der Waals surface area contributed by atoms with Crippen LogP contribution in [-0.2, 0) is 4.79 Å². The van der Waals surface area contributed by atoms with Crippen molar-refractivity contribution >= 4 is 5.78 Å². The van der Waals surface area contributed by atoms with Crippen LogP contribution in [0.1, 0.15) is 41.4 Å². The zero-order valence-electron chi connectivity index (χ0n) is 7.66. The van der Waals surface area contributed by atoms with Crippen LogP contribution in [-0.4, -0.2) is 5.78 Å². The lowest BCUT2D eigenvalue weighted by molar-refractivity contribution is -0.118. The molecule has 2 heteroatoms. The highest BCUT2D eigenvalue weighted by atomic mass is 16.1. The van der Waals surface area contributed by atoms with Crippen LogP contribution in [0.2, 0.25) is 0 Å². The normalized spacial score (nSPS) is 27.5. The lowest BCUT2D eigenvalue weighted by Gasteiger charge is -2.14. The Hall–Kier alpha value is -1.62. The summed E-state index contributed by atoms with van der Waals surface area (Å²) in [5.74, 6) is 0.756. The molecule has 2 aliphatic rings. The second kappa shape index (κ2) is 2.45. The molecule has 0 spiro atoms. The molecule has 0 unspecified atom stereocenters. The van der Waals surface area contributed by atoms with Crippen molar-refractivity contribution in [2.24, 2.45) is 0 Å². The van der Waals surface area contributed by atoms with Gasteiger partial charge >= 0.3 is 0 Å². The molecule has 1 saturated carbocycles. The summed E-state index contributed by atoms with van der Waals surface area (Å²) in [5, 5.41) is 8.95. The molecule has 2 nitrogen and oxygen atoms in total. The first-order valence-corrected chi connectivity index (χ1v) is 4.87. The molecule has 2 aliphatic carbocycles. The molecule has 2 atom stereocenters. The fourth-order valence-electron chi connectivity index (χ4n) is 2.83. The number of Topliss-reactive ketones (excluding diaryl/α,β-unsaturated/α-hetero) is 1. The van der Waals surface area contributed by atoms with Crippen molar-refractivity contribution in [3.05, 3.63) is 34.9 Å². The second-order valence-corrected chi connectivity index (χ2v) is 4.08. The van der Waals surface area contributed by atoms with E-state index in [9.17, 15) is 4.79 Å². The van der Waals surface area contributed by atoms with Gasteiger partial charge in [-0.15, -0.1) is 0 Å². The fourth-order valence-corrected chi connectivity index (χ4v) is 2.83. The van der Waals surface area contributed by atoms with E-state index in [1.807, 2.05) is 12.1 Å². The molecule has 68 valence electrons. The van der Waals surface area contributed by atoms with Crippen molar-refractivity contribution in [1.29, 1.82) is 5.26 Å². The van der Waals surface area contributed by atoms with E-state index in [2.05, 4.69) is 12.1 Å². The number of fused-ring (bicyclic) bond motifs is 5. The number of benzene rings is 1. The first-order valence-electron chi connectivity index (χ1n) is 4.87. The van der Waals surface area contributed by atoms with Gasteiger partial charge in [-0.2, -0.15) is 5.26 Å². The molecule has 0 N–H and O–H groups in total. The van der Waals surface area contributed by atoms with E-state index in [1.54, 1.807) is 0 Å². The largest absolute Gasteiger partial charge is 0.299 e. The van der Waals surface area contributed by atoms with Crippen LogP contribution in [0.15, 0.2) is 18.2 Å². The second-order valence-electron chi connectivity index (χ2n) is 4.08. The number of nitrogens with zero attached hydrogens (tertiary/aromatic N) is 1. The van der Waals surface area contributed by atoms with Gasteiger partial charge in [0.1, 0.15) is 5.78 Å². The maximum atomic E-state index is 11.6. The average Bonchev–Trinajstić information content (AvgIpc) is 2.74. The Morgan fingerprint density at radius 2 is 2.29 bits per heavy atom. The predicted molar refractivity (Wildman–Crippen MR) is 50.9 cm³/mol. The maximum absolute atomic E-state index is 11.6. The van der Waals surface area contributed by atoms with E-state index in [4.69, 9.17) is 5.26 Å². The monoisotopic (exact) mass is 183 g/mol. The molecule has 2 bridgehead atoms. The van der Waals surface area contributed by atoms with Crippen LogP contribution in [0.4, 0.5) is 0 Å². The van der Waals surface area contributed by atoms with Gasteiger partial charge in [0.25, 0.3) is 0 Å². The van der Waals surface area contributed by atoms with Crippen LogP contribution in [0, 0.1) is 11.3 Å². The molecule has 1 aromatic rings. The lowest BCUT2D eigenvalue weighted by atomic mass is 9.88. The third-order valence-corrected chi connectivity index (χ3v) is 3.41. The minimum atomic E-state index is 0.0332. The van der Waals surface area contributed by atoms with Gasteiger partial charge < -0.3 is 0 Å². The highest BCUT2D eigenvalue weighted by Crippen LogP contribution is 2.51. The smallest absolute Gasteiger partial charge is 0.141 e. The van der Waals surface area contributed by atoms with Gasteiger partial charge in [-0.05, 0) is 29.5 Å². The summed E-state index contributed by atoms with van der Waals surface area (Å²) < 4.78 is 0. The first kappa shape index (κ1) is 7.75. The minimum absolute atomic E-state index is 0.0332. The van der Waals surface area contributed by atoms with Crippen LogP contribution < -0.4 is 0 Å². The first-order chi connectivity index (χ1) is 6.81. The van der Waals surface area contributed by atoms with Gasteiger partial charge in [-0.1, -0.05) is 12.1 Å². The molecule has 1 fully saturated rings. The third kappa shape index (κ3) is 0.773. The summed E-state index contributed by atoms with van der Waals surface area (Å²) in [4.78, 5) is 11.6. The summed E-state index contributed by atoms with van der Waals surface area (Å²) >= 11 is 0. The minimum Gasteiger partial charge on any atom is -0.299 e. The Labute approximate surface area is 82.2 Å². The van der Waals surface area contributed by atoms with Crippen molar-refractivity contribution in [3.63, 3.8) is 0 Å². The summed E-state index contributed by atoms with van der Waals surface area (Å²) in [5.41, 5.74) is 2.97. The van der Waals surface area contributed by atoms with E-state index in [-0.39, 0.29) is 5.92 Å². The van der Waals surface area contributed by atoms with Gasteiger partial charge in [0.05, 0.1) is 11.6 Å². The Bertz CT molecular complexity index is 470. The predicted octanol–water partition coefficient (Wildman–Crippen LogP) is 2.10. The Morgan fingerprint density at radius 3 is 3.07 bits per heavy atom. The van der Waals surface area contributed by atoms with Gasteiger partial charge in [-0.25, -0.2) is 0 Å². The van der Waals surface area contributed by atoms with E-state index >= 15 is 0 Å². The molecule has 1 aromatic carbocycles. The zero-order valence-corrected chi connectivity index (χ0v) is 7.66. The highest BCUT2D eigenvalue weighted by Gasteiger charge is 2.43. The Balaban J connectivity index is 2.28. The van der Waals surface area contributed by atoms with Gasteiger partial charge in [0.2, 0.25) is 0 Å². The summed E-state index contributed by atoms with van der Waals surface area (Å²) in [7, 11) is 0. The van der Waals surface area contributed by atoms with Crippen molar-refractivity contribution in [2.45, 2.75) is 24.7 Å². The number of rotatable bonds is 0. The summed E-state index contributed by atoms with van der Waals surface area (Å²) in [6, 6.07) is 7.97. The number of nitriles is 1. The SMILES string of the molecule is N#Cc1cccc2c1[C@H]1C[C@H]2CC1=O. The molecule has 3 rings (SSSR count). The Kier molecular flexibility index (Phi) is 1.36. The van der Waals surface area contributed by atoms with E-state index in [0.29, 0.717) is 23.7 Å². The van der Waals surface area contributed by atoms with Crippen molar-refractivity contribution < 1.29 is 4.79 Å². The lowest BCUT2D eigenvalue weighted by Crippen LogP contribution is -2.10. The molecular formula is C12H9NO. The van der Waals surface area contributed by atoms with Crippen LogP contribution >= 0.6 is 0 Å². The average molecular weight is 183 g/mol. The number of carbonyl (C=O) groups excluding carboxylic acids is 1. The van der Waals surface area contributed by atoms with Crippen molar-refractivity contribution in [1.82, 2.24) is 0 Å². The van der Waals surface area contributed by atoms with Gasteiger partial charge in [0.15, 0.2) is 0 Å². The number of ketones is 1. The summed E-state index contributed by atoms with van der Waals surface area (Å²) in [6.07, 6.45) is 1.62. The number of carbonyl (C=O) groups is 1. The molecule has 0 radical (unpaired) electrons. The molecule has 0 amide bonds. The molecule has 0 heterocycles. The van der Waals surface area contributed by atoms with Crippen LogP contribution in [0.25, 0.3) is 0 Å². The van der Waals surface area contributed by atoms with E-state index < -0.39 is 0 Å². The van der Waals surface area contributed by atoms with Gasteiger partial charge in [-0.3, -0.25) is 4.79 Å². The van der Waals surface area contributed by atoms with E-state index in [1.165, 1.54) is 5.56 Å². The molecule has 0 saturated heterocycles.